The lowest BCUT2D eigenvalue weighted by molar-refractivity contribution is -0.113. The number of nitriles is 1. The molecule has 7 heteroatoms. The molecule has 2 N–H and O–H groups in total. The van der Waals surface area contributed by atoms with Gasteiger partial charge in [-0.2, -0.15) is 5.26 Å². The zero-order chi connectivity index (χ0) is 21.0. The standard InChI is InChI=1S/C22H23N3O3S/c1-5-29-22-15(12-23)20(18-11-10-13(2)28-18)19(14(3)24-22)21(26)25-16-8-6-7-9-17(16)27-4/h6-11,20,24H,5H2,1-4H3,(H,25,26)/t20-/m1/s1. The van der Waals surface area contributed by atoms with E-state index < -0.39 is 5.92 Å². The number of methoxy groups -OCH3 is 1. The summed E-state index contributed by atoms with van der Waals surface area (Å²) in [5.41, 5.74) is 2.17. The van der Waals surface area contributed by atoms with Crippen molar-refractivity contribution in [2.45, 2.75) is 26.7 Å². The Labute approximate surface area is 174 Å². The Morgan fingerprint density at radius 1 is 1.31 bits per heavy atom. The maximum absolute atomic E-state index is 13.3. The van der Waals surface area contributed by atoms with Crippen LogP contribution in [0.3, 0.4) is 0 Å². The number of amides is 1. The van der Waals surface area contributed by atoms with Crippen LogP contribution in [0.2, 0.25) is 0 Å². The maximum atomic E-state index is 13.3. The molecular formula is C22H23N3O3S. The van der Waals surface area contributed by atoms with Crippen molar-refractivity contribution in [2.24, 2.45) is 0 Å². The van der Waals surface area contributed by atoms with Crippen LogP contribution >= 0.6 is 11.8 Å². The largest absolute Gasteiger partial charge is 0.495 e. The van der Waals surface area contributed by atoms with Gasteiger partial charge in [0.1, 0.15) is 17.3 Å². The number of aryl methyl sites for hydroxylation is 1. The number of benzene rings is 1. The van der Waals surface area contributed by atoms with Crippen molar-refractivity contribution in [1.29, 1.82) is 5.26 Å². The topological polar surface area (TPSA) is 87.3 Å². The van der Waals surface area contributed by atoms with Crippen LogP contribution in [0.15, 0.2) is 62.7 Å². The number of furan rings is 1. The van der Waals surface area contributed by atoms with Crippen LogP contribution in [0.4, 0.5) is 5.69 Å². The number of thioether (sulfide) groups is 1. The van der Waals surface area contributed by atoms with Crippen molar-refractivity contribution in [3.63, 3.8) is 0 Å². The highest BCUT2D eigenvalue weighted by atomic mass is 32.2. The van der Waals surface area contributed by atoms with Crippen molar-refractivity contribution in [3.05, 3.63) is 69.8 Å². The van der Waals surface area contributed by atoms with Gasteiger partial charge in [-0.25, -0.2) is 0 Å². The summed E-state index contributed by atoms with van der Waals surface area (Å²) in [5.74, 6) is 1.76. The Balaban J connectivity index is 2.06. The number of allylic oxidation sites excluding steroid dienone is 2. The molecule has 1 aromatic carbocycles. The van der Waals surface area contributed by atoms with Gasteiger partial charge in [-0.1, -0.05) is 19.1 Å². The molecule has 1 atom stereocenters. The number of dihydropyridines is 1. The van der Waals surface area contributed by atoms with Gasteiger partial charge in [-0.05, 0) is 43.9 Å². The number of carbonyl (C=O) groups excluding carboxylic acids is 1. The second-order valence-corrected chi connectivity index (χ2v) is 7.76. The fourth-order valence-corrected chi connectivity index (χ4v) is 4.14. The summed E-state index contributed by atoms with van der Waals surface area (Å²) in [5, 5.41) is 16.8. The van der Waals surface area contributed by atoms with E-state index in [4.69, 9.17) is 9.15 Å². The Hall–Kier alpha value is -3.11. The molecule has 2 aromatic rings. The average molecular weight is 410 g/mol. The minimum Gasteiger partial charge on any atom is -0.495 e. The van der Waals surface area contributed by atoms with Crippen molar-refractivity contribution >= 4 is 23.4 Å². The Kier molecular flexibility index (Phi) is 6.35. The zero-order valence-electron chi connectivity index (χ0n) is 16.8. The number of para-hydroxylation sites is 2. The van der Waals surface area contributed by atoms with Gasteiger partial charge in [0, 0.05) is 5.70 Å². The highest BCUT2D eigenvalue weighted by Crippen LogP contribution is 2.41. The number of ether oxygens (including phenoxy) is 1. The van der Waals surface area contributed by atoms with E-state index in [2.05, 4.69) is 16.7 Å². The van der Waals surface area contributed by atoms with E-state index in [-0.39, 0.29) is 5.91 Å². The van der Waals surface area contributed by atoms with E-state index >= 15 is 0 Å². The quantitative estimate of drug-likeness (QED) is 0.720. The molecule has 0 aliphatic carbocycles. The third kappa shape index (κ3) is 4.17. The first kappa shape index (κ1) is 20.6. The van der Waals surface area contributed by atoms with Crippen molar-refractivity contribution in [2.75, 3.05) is 18.2 Å². The summed E-state index contributed by atoms with van der Waals surface area (Å²) in [6, 6.07) is 13.1. The number of nitrogens with one attached hydrogen (secondary N) is 2. The molecule has 1 aliphatic rings. The number of hydrogen-bond acceptors (Lipinski definition) is 6. The van der Waals surface area contributed by atoms with Crippen LogP contribution in [-0.2, 0) is 4.79 Å². The number of rotatable bonds is 6. The molecule has 0 fully saturated rings. The van der Waals surface area contributed by atoms with Gasteiger partial charge in [0.25, 0.3) is 5.91 Å². The lowest BCUT2D eigenvalue weighted by atomic mass is 9.85. The molecule has 1 aromatic heterocycles. The second-order valence-electron chi connectivity index (χ2n) is 6.49. The molecule has 150 valence electrons. The second kappa shape index (κ2) is 8.93. The fraction of sp³-hybridized carbons (Fsp3) is 0.273. The first-order valence-corrected chi connectivity index (χ1v) is 10.2. The molecule has 29 heavy (non-hydrogen) atoms. The summed E-state index contributed by atoms with van der Waals surface area (Å²) in [6.45, 7) is 5.70. The summed E-state index contributed by atoms with van der Waals surface area (Å²) in [4.78, 5) is 13.3. The molecule has 6 nitrogen and oxygen atoms in total. The lowest BCUT2D eigenvalue weighted by Gasteiger charge is -2.28. The third-order valence-electron chi connectivity index (χ3n) is 4.58. The van der Waals surface area contributed by atoms with Gasteiger partial charge in [0.05, 0.1) is 41.0 Å². The van der Waals surface area contributed by atoms with Gasteiger partial charge in [-0.3, -0.25) is 4.79 Å². The van der Waals surface area contributed by atoms with Crippen LogP contribution in [-0.4, -0.2) is 18.8 Å². The average Bonchev–Trinajstić information content (AvgIpc) is 3.14. The highest BCUT2D eigenvalue weighted by Gasteiger charge is 2.36. The molecular weight excluding hydrogens is 386 g/mol. The molecule has 0 saturated heterocycles. The van der Waals surface area contributed by atoms with Crippen molar-refractivity contribution in [3.8, 4) is 11.8 Å². The van der Waals surface area contributed by atoms with E-state index in [1.807, 2.05) is 45.0 Å². The summed E-state index contributed by atoms with van der Waals surface area (Å²) in [6.07, 6.45) is 0. The SMILES string of the molecule is CCSC1=C(C#N)[C@H](c2ccc(C)o2)C(C(=O)Nc2ccccc2OC)=C(C)N1. The first-order chi connectivity index (χ1) is 14.0. The number of carbonyl (C=O) groups is 1. The van der Waals surface area contributed by atoms with Gasteiger partial charge in [-0.15, -0.1) is 11.8 Å². The van der Waals surface area contributed by atoms with Gasteiger partial charge in [0.15, 0.2) is 0 Å². The molecule has 3 rings (SSSR count). The number of anilines is 1. The van der Waals surface area contributed by atoms with Crippen molar-refractivity contribution in [1.82, 2.24) is 5.32 Å². The Morgan fingerprint density at radius 2 is 2.07 bits per heavy atom. The summed E-state index contributed by atoms with van der Waals surface area (Å²) >= 11 is 1.54. The smallest absolute Gasteiger partial charge is 0.254 e. The van der Waals surface area contributed by atoms with Crippen molar-refractivity contribution < 1.29 is 13.9 Å². The molecule has 0 unspecified atom stereocenters. The van der Waals surface area contributed by atoms with Crippen LogP contribution in [0.25, 0.3) is 0 Å². The summed E-state index contributed by atoms with van der Waals surface area (Å²) < 4.78 is 11.2. The summed E-state index contributed by atoms with van der Waals surface area (Å²) in [7, 11) is 1.55. The normalized spacial score (nSPS) is 16.3. The fourth-order valence-electron chi connectivity index (χ4n) is 3.30. The van der Waals surface area contributed by atoms with E-state index in [0.717, 1.165) is 16.5 Å². The number of hydrogen-bond donors (Lipinski definition) is 2. The first-order valence-electron chi connectivity index (χ1n) is 9.25. The zero-order valence-corrected chi connectivity index (χ0v) is 17.6. The predicted octanol–water partition coefficient (Wildman–Crippen LogP) is 4.68. The minimum atomic E-state index is -0.585. The molecule has 0 spiro atoms. The van der Waals surface area contributed by atoms with E-state index in [9.17, 15) is 10.1 Å². The minimum absolute atomic E-state index is 0.313. The van der Waals surface area contributed by atoms with Gasteiger partial charge in [0.2, 0.25) is 0 Å². The van der Waals surface area contributed by atoms with Crippen LogP contribution in [0, 0.1) is 18.3 Å². The number of nitrogens with zero attached hydrogens (tertiary/aromatic N) is 1. The van der Waals surface area contributed by atoms with E-state index in [0.29, 0.717) is 34.0 Å². The van der Waals surface area contributed by atoms with Gasteiger partial charge < -0.3 is 19.8 Å². The predicted molar refractivity (Wildman–Crippen MR) is 114 cm³/mol. The molecule has 2 heterocycles. The highest BCUT2D eigenvalue weighted by molar-refractivity contribution is 8.03. The molecule has 1 amide bonds. The monoisotopic (exact) mass is 409 g/mol. The van der Waals surface area contributed by atoms with Gasteiger partial charge >= 0.3 is 0 Å². The maximum Gasteiger partial charge on any atom is 0.254 e. The molecule has 0 bridgehead atoms. The molecule has 0 saturated carbocycles. The van der Waals surface area contributed by atoms with E-state index in [1.165, 1.54) is 11.8 Å². The third-order valence-corrected chi connectivity index (χ3v) is 5.48. The van der Waals surface area contributed by atoms with Crippen LogP contribution in [0.1, 0.15) is 31.3 Å². The van der Waals surface area contributed by atoms with E-state index in [1.54, 1.807) is 19.2 Å². The molecule has 0 radical (unpaired) electrons. The van der Waals surface area contributed by atoms with Crippen LogP contribution < -0.4 is 15.4 Å². The van der Waals surface area contributed by atoms with Crippen LogP contribution in [0.5, 0.6) is 5.75 Å². The Bertz CT molecular complexity index is 1030. The Morgan fingerprint density at radius 3 is 2.69 bits per heavy atom. The molecule has 1 aliphatic heterocycles. The lowest BCUT2D eigenvalue weighted by Crippen LogP contribution is -2.30.